The van der Waals surface area contributed by atoms with E-state index < -0.39 is 15.8 Å². The molecule has 9 heteroatoms. The number of rotatable bonds is 6. The van der Waals surface area contributed by atoms with Gasteiger partial charge in [0.2, 0.25) is 0 Å². The van der Waals surface area contributed by atoms with Crippen molar-refractivity contribution in [3.05, 3.63) is 54.5 Å². The van der Waals surface area contributed by atoms with E-state index in [0.717, 1.165) is 23.5 Å². The number of nitrogens with one attached hydrogen (secondary N) is 1. The Kier molecular flexibility index (Phi) is 5.03. The van der Waals surface area contributed by atoms with Crippen molar-refractivity contribution in [2.24, 2.45) is 0 Å². The van der Waals surface area contributed by atoms with Gasteiger partial charge >= 0.3 is 0 Å². The summed E-state index contributed by atoms with van der Waals surface area (Å²) >= 11 is 1.67. The molecule has 1 N–H and O–H groups in total. The normalized spacial score (nSPS) is 13.4. The van der Waals surface area contributed by atoms with Crippen molar-refractivity contribution in [2.45, 2.75) is 23.5 Å². The lowest BCUT2D eigenvalue weighted by molar-refractivity contribution is 0.321. The van der Waals surface area contributed by atoms with Crippen LogP contribution < -0.4 is 9.46 Å². The highest BCUT2D eigenvalue weighted by Gasteiger charge is 2.21. The van der Waals surface area contributed by atoms with Gasteiger partial charge in [-0.15, -0.1) is 0 Å². The molecule has 28 heavy (non-hydrogen) atoms. The highest BCUT2D eigenvalue weighted by Crippen LogP contribution is 2.33. The number of hydrogen-bond donors (Lipinski definition) is 1. The fraction of sp³-hybridized carbons (Fsp3) is 0.211. The van der Waals surface area contributed by atoms with Crippen LogP contribution >= 0.6 is 11.8 Å². The van der Waals surface area contributed by atoms with Gasteiger partial charge in [-0.3, -0.25) is 4.72 Å². The van der Waals surface area contributed by atoms with Gasteiger partial charge in [-0.25, -0.2) is 17.8 Å². The Morgan fingerprint density at radius 1 is 1.29 bits per heavy atom. The number of fused-ring (bicyclic) bond motifs is 1. The maximum Gasteiger partial charge on any atom is 0.262 e. The molecule has 6 nitrogen and oxygen atoms in total. The SMILES string of the molecule is CCOc1ccc(S(=O)(=O)Nc2ccccc2-c2cn3c(n2)SCC3)cc1F. The number of aryl methyl sites for hydroxylation is 1. The van der Waals surface area contributed by atoms with E-state index in [-0.39, 0.29) is 10.6 Å². The van der Waals surface area contributed by atoms with E-state index in [4.69, 9.17) is 4.74 Å². The number of halogens is 1. The van der Waals surface area contributed by atoms with Gasteiger partial charge in [-0.05, 0) is 31.2 Å². The lowest BCUT2D eigenvalue weighted by atomic mass is 10.1. The minimum Gasteiger partial charge on any atom is -0.491 e. The second-order valence-electron chi connectivity index (χ2n) is 6.13. The third-order valence-electron chi connectivity index (χ3n) is 4.26. The molecule has 0 amide bonds. The molecule has 1 aliphatic rings. The van der Waals surface area contributed by atoms with Crippen LogP contribution in [0, 0.1) is 5.82 Å². The number of ether oxygens (including phenoxy) is 1. The van der Waals surface area contributed by atoms with E-state index in [1.807, 2.05) is 16.8 Å². The maximum absolute atomic E-state index is 14.1. The van der Waals surface area contributed by atoms with Crippen molar-refractivity contribution >= 4 is 27.5 Å². The summed E-state index contributed by atoms with van der Waals surface area (Å²) in [5.41, 5.74) is 1.75. The zero-order chi connectivity index (χ0) is 19.7. The number of hydrogen-bond acceptors (Lipinski definition) is 5. The number of para-hydroxylation sites is 1. The molecule has 0 radical (unpaired) electrons. The molecule has 0 aliphatic carbocycles. The summed E-state index contributed by atoms with van der Waals surface area (Å²) in [7, 11) is -3.98. The van der Waals surface area contributed by atoms with Crippen molar-refractivity contribution in [1.82, 2.24) is 9.55 Å². The predicted octanol–water partition coefficient (Wildman–Crippen LogP) is 3.99. The fourth-order valence-electron chi connectivity index (χ4n) is 2.96. The van der Waals surface area contributed by atoms with E-state index in [1.165, 1.54) is 12.1 Å². The Labute approximate surface area is 166 Å². The van der Waals surface area contributed by atoms with Crippen LogP contribution in [-0.4, -0.2) is 30.3 Å². The van der Waals surface area contributed by atoms with Gasteiger partial charge in [0.05, 0.1) is 22.9 Å². The highest BCUT2D eigenvalue weighted by molar-refractivity contribution is 7.99. The molecule has 0 bridgehead atoms. The van der Waals surface area contributed by atoms with Gasteiger partial charge in [0.25, 0.3) is 10.0 Å². The first-order valence-corrected chi connectivity index (χ1v) is 11.2. The summed E-state index contributed by atoms with van der Waals surface area (Å²) in [6.45, 7) is 2.90. The van der Waals surface area contributed by atoms with Gasteiger partial charge in [-0.1, -0.05) is 30.0 Å². The third kappa shape index (κ3) is 3.59. The summed E-state index contributed by atoms with van der Waals surface area (Å²) in [5.74, 6) is 0.285. The number of anilines is 1. The summed E-state index contributed by atoms with van der Waals surface area (Å²) in [5, 5.41) is 0.918. The Morgan fingerprint density at radius 2 is 2.11 bits per heavy atom. The van der Waals surface area contributed by atoms with Gasteiger partial charge in [-0.2, -0.15) is 0 Å². The molecule has 0 spiro atoms. The number of nitrogens with zero attached hydrogens (tertiary/aromatic N) is 2. The third-order valence-corrected chi connectivity index (χ3v) is 6.60. The van der Waals surface area contributed by atoms with Gasteiger partial charge in [0.15, 0.2) is 16.7 Å². The van der Waals surface area contributed by atoms with E-state index in [9.17, 15) is 12.8 Å². The van der Waals surface area contributed by atoms with Crippen LogP contribution in [-0.2, 0) is 16.6 Å². The predicted molar refractivity (Wildman–Crippen MR) is 107 cm³/mol. The molecule has 0 atom stereocenters. The molecule has 1 aliphatic heterocycles. The summed E-state index contributed by atoms with van der Waals surface area (Å²) in [6, 6.07) is 10.6. The van der Waals surface area contributed by atoms with Crippen molar-refractivity contribution in [3.8, 4) is 17.0 Å². The van der Waals surface area contributed by atoms with E-state index in [1.54, 1.807) is 36.9 Å². The summed E-state index contributed by atoms with van der Waals surface area (Å²) in [4.78, 5) is 4.41. The standard InChI is InChI=1S/C19H18FN3O3S2/c1-2-26-18-8-7-13(11-15(18)20)28(24,25)22-16-6-4-3-5-14(16)17-12-23-9-10-27-19(23)21-17/h3-8,11-12,22H,2,9-10H2,1H3. The second kappa shape index (κ2) is 7.48. The average Bonchev–Trinajstić information content (AvgIpc) is 3.25. The molecule has 0 saturated carbocycles. The molecule has 0 saturated heterocycles. The van der Waals surface area contributed by atoms with Crippen molar-refractivity contribution in [2.75, 3.05) is 17.1 Å². The van der Waals surface area contributed by atoms with Gasteiger partial charge < -0.3 is 9.30 Å². The number of benzene rings is 2. The van der Waals surface area contributed by atoms with Gasteiger partial charge in [0, 0.05) is 24.1 Å². The average molecular weight is 420 g/mol. The first-order valence-electron chi connectivity index (χ1n) is 8.72. The van der Waals surface area contributed by atoms with Crippen LogP contribution in [0.5, 0.6) is 5.75 Å². The number of sulfonamides is 1. The number of aromatic nitrogens is 2. The fourth-order valence-corrected chi connectivity index (χ4v) is 4.99. The van der Waals surface area contributed by atoms with Crippen molar-refractivity contribution in [1.29, 1.82) is 0 Å². The van der Waals surface area contributed by atoms with Crippen LogP contribution in [0.15, 0.2) is 58.7 Å². The lowest BCUT2D eigenvalue weighted by Gasteiger charge is -2.12. The molecular formula is C19H18FN3O3S2. The second-order valence-corrected chi connectivity index (χ2v) is 8.87. The van der Waals surface area contributed by atoms with Crippen LogP contribution in [0.2, 0.25) is 0 Å². The molecule has 3 aromatic rings. The maximum atomic E-state index is 14.1. The monoisotopic (exact) mass is 419 g/mol. The topological polar surface area (TPSA) is 73.2 Å². The Balaban J connectivity index is 1.66. The van der Waals surface area contributed by atoms with Crippen LogP contribution in [0.3, 0.4) is 0 Å². The molecule has 2 aromatic carbocycles. The van der Waals surface area contributed by atoms with Crippen LogP contribution in [0.1, 0.15) is 6.92 Å². The smallest absolute Gasteiger partial charge is 0.262 e. The minimum absolute atomic E-state index is 0.0203. The summed E-state index contributed by atoms with van der Waals surface area (Å²) in [6.07, 6.45) is 1.92. The van der Waals surface area contributed by atoms with Crippen molar-refractivity contribution in [3.63, 3.8) is 0 Å². The van der Waals surface area contributed by atoms with Crippen LogP contribution in [0.25, 0.3) is 11.3 Å². The molecular weight excluding hydrogens is 401 g/mol. The quantitative estimate of drug-likeness (QED) is 0.654. The van der Waals surface area contributed by atoms with E-state index >= 15 is 0 Å². The zero-order valence-electron chi connectivity index (χ0n) is 15.1. The lowest BCUT2D eigenvalue weighted by Crippen LogP contribution is -2.14. The largest absolute Gasteiger partial charge is 0.491 e. The van der Waals surface area contributed by atoms with Gasteiger partial charge in [0.1, 0.15) is 0 Å². The van der Waals surface area contributed by atoms with E-state index in [2.05, 4.69) is 9.71 Å². The van der Waals surface area contributed by atoms with E-state index in [0.29, 0.717) is 23.6 Å². The Bertz CT molecular complexity index is 1110. The highest BCUT2D eigenvalue weighted by atomic mass is 32.2. The molecule has 1 aromatic heterocycles. The molecule has 0 unspecified atom stereocenters. The van der Waals surface area contributed by atoms with Crippen LogP contribution in [0.4, 0.5) is 10.1 Å². The molecule has 4 rings (SSSR count). The molecule has 0 fully saturated rings. The zero-order valence-corrected chi connectivity index (χ0v) is 16.7. The Hall–Kier alpha value is -2.52. The molecule has 2 heterocycles. The first-order chi connectivity index (χ1) is 13.5. The summed E-state index contributed by atoms with van der Waals surface area (Å²) < 4.78 is 49.4. The minimum atomic E-state index is -3.98. The first kappa shape index (κ1) is 18.8. The van der Waals surface area contributed by atoms with Crippen molar-refractivity contribution < 1.29 is 17.5 Å². The Morgan fingerprint density at radius 3 is 2.86 bits per heavy atom. The number of thioether (sulfide) groups is 1. The number of imidazole rings is 1. The molecule has 146 valence electrons.